The first-order valence-electron chi connectivity index (χ1n) is 11.4. The quantitative estimate of drug-likeness (QED) is 0.269. The Hall–Kier alpha value is -3.51. The van der Waals surface area contributed by atoms with Gasteiger partial charge in [-0.05, 0) is 33.6 Å². The molecule has 1 amide bonds. The second kappa shape index (κ2) is 9.27. The number of nitrogen functional groups attached to an aromatic ring is 1. The number of hydrazine groups is 1. The number of amides is 1. The predicted molar refractivity (Wildman–Crippen MR) is 130 cm³/mol. The van der Waals surface area contributed by atoms with E-state index in [1.165, 1.54) is 19.2 Å². The van der Waals surface area contributed by atoms with E-state index in [1.54, 1.807) is 24.7 Å². The fraction of sp³-hybridized carbons (Fsp3) is 0.478. The lowest BCUT2D eigenvalue weighted by Crippen LogP contribution is -2.50. The van der Waals surface area contributed by atoms with Crippen LogP contribution in [0.2, 0.25) is 0 Å². The number of hydrogen-bond acceptors (Lipinski definition) is 9. The van der Waals surface area contributed by atoms with Crippen molar-refractivity contribution in [2.75, 3.05) is 29.3 Å². The van der Waals surface area contributed by atoms with Crippen LogP contribution in [-0.2, 0) is 11.3 Å². The van der Waals surface area contributed by atoms with E-state index in [9.17, 15) is 14.3 Å². The lowest BCUT2D eigenvalue weighted by molar-refractivity contribution is -0.122. The van der Waals surface area contributed by atoms with Gasteiger partial charge in [-0.15, -0.1) is 0 Å². The van der Waals surface area contributed by atoms with Gasteiger partial charge in [0, 0.05) is 30.9 Å². The molecule has 2 atom stereocenters. The molecule has 1 aliphatic rings. The van der Waals surface area contributed by atoms with Crippen molar-refractivity contribution in [3.05, 3.63) is 30.3 Å². The minimum atomic E-state index is -0.906. The molecule has 188 valence electrons. The Morgan fingerprint density at radius 2 is 2.09 bits per heavy atom. The Kier molecular flexibility index (Phi) is 6.52. The van der Waals surface area contributed by atoms with Gasteiger partial charge in [-0.2, -0.15) is 10.1 Å². The van der Waals surface area contributed by atoms with Crippen LogP contribution in [0.5, 0.6) is 5.75 Å². The van der Waals surface area contributed by atoms with E-state index < -0.39 is 23.2 Å². The molecule has 1 fully saturated rings. The van der Waals surface area contributed by atoms with Gasteiger partial charge in [0.25, 0.3) is 0 Å². The van der Waals surface area contributed by atoms with E-state index in [0.717, 1.165) is 17.1 Å². The summed E-state index contributed by atoms with van der Waals surface area (Å²) in [5, 5.41) is 15.3. The lowest BCUT2D eigenvalue weighted by Gasteiger charge is -2.39. The van der Waals surface area contributed by atoms with Gasteiger partial charge >= 0.3 is 0 Å². The van der Waals surface area contributed by atoms with Crippen LogP contribution in [0, 0.1) is 11.7 Å². The molecule has 0 aliphatic carbocycles. The number of carbonyl (C=O) groups is 1. The molecule has 0 saturated carbocycles. The number of aromatic nitrogens is 4. The van der Waals surface area contributed by atoms with Gasteiger partial charge in [0.1, 0.15) is 11.6 Å². The van der Waals surface area contributed by atoms with E-state index in [0.29, 0.717) is 19.5 Å². The minimum absolute atomic E-state index is 0.00946. The second-order valence-corrected chi connectivity index (χ2v) is 9.60. The lowest BCUT2D eigenvalue weighted by atomic mass is 9.92. The summed E-state index contributed by atoms with van der Waals surface area (Å²) in [6.45, 7) is 6.24. The molecule has 3 aromatic rings. The molecule has 35 heavy (non-hydrogen) atoms. The number of methoxy groups -OCH3 is 1. The number of nitrogens with zero attached hydrogens (tertiary/aromatic N) is 6. The van der Waals surface area contributed by atoms with Crippen LogP contribution in [-0.4, -0.2) is 56.1 Å². The number of rotatable bonds is 6. The molecule has 0 bridgehead atoms. The highest BCUT2D eigenvalue weighted by Crippen LogP contribution is 2.33. The number of nitrogens with two attached hydrogens (primary N) is 2. The first kappa shape index (κ1) is 24.6. The monoisotopic (exact) mass is 486 g/mol. The molecule has 2 unspecified atom stereocenters. The molecular weight excluding hydrogens is 455 g/mol. The molecule has 1 saturated heterocycles. The van der Waals surface area contributed by atoms with E-state index in [4.69, 9.17) is 16.3 Å². The zero-order valence-corrected chi connectivity index (χ0v) is 20.3. The smallest absolute Gasteiger partial charge is 0.247 e. The summed E-state index contributed by atoms with van der Waals surface area (Å²) >= 11 is 0. The van der Waals surface area contributed by atoms with Crippen molar-refractivity contribution in [3.8, 4) is 5.75 Å². The molecule has 2 aromatic heterocycles. The maximum atomic E-state index is 14.9. The van der Waals surface area contributed by atoms with Gasteiger partial charge in [-0.25, -0.2) is 20.2 Å². The molecule has 5 N–H and O–H groups in total. The van der Waals surface area contributed by atoms with Crippen LogP contribution in [0.15, 0.2) is 24.5 Å². The Morgan fingerprint density at radius 3 is 2.77 bits per heavy atom. The molecule has 12 heteroatoms. The Morgan fingerprint density at radius 1 is 1.34 bits per heavy atom. The Balaban J connectivity index is 1.59. The van der Waals surface area contributed by atoms with Crippen molar-refractivity contribution >= 4 is 34.3 Å². The van der Waals surface area contributed by atoms with Crippen molar-refractivity contribution < 1.29 is 19.0 Å². The minimum Gasteiger partial charge on any atom is -0.497 e. The number of halogens is 1. The molecule has 1 aliphatic heterocycles. The molecule has 0 spiro atoms. The first-order valence-corrected chi connectivity index (χ1v) is 11.4. The summed E-state index contributed by atoms with van der Waals surface area (Å²) in [6, 6.07) is 2.86. The van der Waals surface area contributed by atoms with Crippen molar-refractivity contribution in [3.63, 3.8) is 0 Å². The molecule has 3 heterocycles. The van der Waals surface area contributed by atoms with Crippen LogP contribution in [0.3, 0.4) is 0 Å². The predicted octanol–water partition coefficient (Wildman–Crippen LogP) is 1.84. The fourth-order valence-electron chi connectivity index (χ4n) is 4.44. The van der Waals surface area contributed by atoms with Crippen molar-refractivity contribution in [1.29, 1.82) is 0 Å². The number of aliphatic hydroxyl groups is 1. The number of piperidine rings is 1. The summed E-state index contributed by atoms with van der Waals surface area (Å²) in [4.78, 5) is 23.7. The summed E-state index contributed by atoms with van der Waals surface area (Å²) < 4.78 is 21.7. The normalized spacial score (nSPS) is 18.7. The first-order chi connectivity index (χ1) is 16.5. The zero-order valence-electron chi connectivity index (χ0n) is 20.3. The van der Waals surface area contributed by atoms with E-state index in [-0.39, 0.29) is 34.5 Å². The third-order valence-corrected chi connectivity index (χ3v) is 6.15. The molecule has 4 rings (SSSR count). The molecule has 1 aromatic carbocycles. The van der Waals surface area contributed by atoms with Crippen molar-refractivity contribution in [1.82, 2.24) is 19.7 Å². The fourth-order valence-corrected chi connectivity index (χ4v) is 4.44. The number of fused-ring (bicyclic) bond motifs is 1. The maximum absolute atomic E-state index is 14.9. The van der Waals surface area contributed by atoms with Crippen LogP contribution in [0.25, 0.3) is 10.9 Å². The van der Waals surface area contributed by atoms with Crippen LogP contribution in [0.4, 0.5) is 21.8 Å². The summed E-state index contributed by atoms with van der Waals surface area (Å²) in [7, 11) is 1.41. The highest BCUT2D eigenvalue weighted by atomic mass is 19.1. The van der Waals surface area contributed by atoms with Gasteiger partial charge in [-0.3, -0.25) is 9.48 Å². The maximum Gasteiger partial charge on any atom is 0.247 e. The topological polar surface area (TPSA) is 149 Å². The average Bonchev–Trinajstić information content (AvgIpc) is 3.23. The summed E-state index contributed by atoms with van der Waals surface area (Å²) in [6.07, 6.45) is 4.93. The van der Waals surface area contributed by atoms with E-state index in [1.807, 2.05) is 6.20 Å². The summed E-state index contributed by atoms with van der Waals surface area (Å²) in [5.74, 6) is 4.71. The highest BCUT2D eigenvalue weighted by molar-refractivity contribution is 6.02. The van der Waals surface area contributed by atoms with Gasteiger partial charge in [-0.1, -0.05) is 0 Å². The number of ether oxygens (including phenoxy) is 1. The SMILES string of the molecule is COc1cc(F)c2c(N(N)C(=O)C3CCC(C)N(c4cnn(CC(C)(C)O)c4)C3)nc(N)nc2c1. The largest absolute Gasteiger partial charge is 0.497 e. The zero-order chi connectivity index (χ0) is 25.5. The van der Waals surface area contributed by atoms with Gasteiger partial charge in [0.15, 0.2) is 5.82 Å². The van der Waals surface area contributed by atoms with Crippen LogP contribution >= 0.6 is 0 Å². The Bertz CT molecular complexity index is 1240. The van der Waals surface area contributed by atoms with Crippen molar-refractivity contribution in [2.45, 2.75) is 51.8 Å². The highest BCUT2D eigenvalue weighted by Gasteiger charge is 2.34. The third kappa shape index (κ3) is 5.13. The second-order valence-electron chi connectivity index (χ2n) is 9.60. The third-order valence-electron chi connectivity index (χ3n) is 6.15. The van der Waals surface area contributed by atoms with Gasteiger partial charge in [0.2, 0.25) is 11.9 Å². The molecule has 11 nitrogen and oxygen atoms in total. The number of carbonyl (C=O) groups excluding carboxylic acids is 1. The number of hydrogen-bond donors (Lipinski definition) is 3. The number of anilines is 3. The van der Waals surface area contributed by atoms with Crippen LogP contribution in [0.1, 0.15) is 33.6 Å². The van der Waals surface area contributed by atoms with Gasteiger partial charge in [0.05, 0.1) is 48.0 Å². The summed E-state index contributed by atoms with van der Waals surface area (Å²) in [5.41, 5.74) is 5.96. The van der Waals surface area contributed by atoms with Gasteiger partial charge < -0.3 is 20.5 Å². The molecule has 0 radical (unpaired) electrons. The standard InChI is InChI=1S/C23H31FN8O3/c1-13-5-6-14(10-31(13)15-9-27-30(11-15)12-23(2,3)34)21(33)32(26)20-19-17(24)7-16(35-4)8-18(19)28-22(25)29-20/h7-9,11,13-14,34H,5-6,10,12,26H2,1-4H3,(H2,25,28,29). The van der Waals surface area contributed by atoms with Crippen LogP contribution < -0.4 is 26.2 Å². The number of benzene rings is 1. The average molecular weight is 487 g/mol. The van der Waals surface area contributed by atoms with E-state index in [2.05, 4.69) is 26.9 Å². The Labute approximate surface area is 202 Å². The molecular formula is C23H31FN8O3. The van der Waals surface area contributed by atoms with E-state index >= 15 is 0 Å². The van der Waals surface area contributed by atoms with Crippen molar-refractivity contribution in [2.24, 2.45) is 11.8 Å².